The molecule has 1 amide bonds. The topological polar surface area (TPSA) is 41.6 Å². The van der Waals surface area contributed by atoms with E-state index in [1.807, 2.05) is 25.8 Å². The van der Waals surface area contributed by atoms with E-state index in [4.69, 9.17) is 4.74 Å². The summed E-state index contributed by atoms with van der Waals surface area (Å²) in [6.45, 7) is 9.89. The largest absolute Gasteiger partial charge is 0.481 e. The van der Waals surface area contributed by atoms with Crippen LogP contribution in [0.4, 0.5) is 0 Å². The molecule has 1 fully saturated rings. The summed E-state index contributed by atoms with van der Waals surface area (Å²) in [5, 5.41) is 3.18. The Hall–Kier alpha value is -1.55. The van der Waals surface area contributed by atoms with Crippen LogP contribution in [0, 0.1) is 6.92 Å². The summed E-state index contributed by atoms with van der Waals surface area (Å²) in [6.07, 6.45) is 1.70. The molecule has 0 spiro atoms. The first-order valence-electron chi connectivity index (χ1n) is 8.66. The van der Waals surface area contributed by atoms with Crippen molar-refractivity contribution >= 4 is 5.91 Å². The van der Waals surface area contributed by atoms with Gasteiger partial charge in [-0.3, -0.25) is 4.79 Å². The standard InChI is InChI=1S/C19H30N2O2/c1-13(2)16-9-8-14(3)18(11-16)23-15(4)19(22)21-10-6-7-17(21)12-20-5/h8-9,11,13,15,17,20H,6-7,10,12H2,1-5H3. The predicted molar refractivity (Wildman–Crippen MR) is 94.0 cm³/mol. The number of nitrogens with one attached hydrogen (secondary N) is 1. The van der Waals surface area contributed by atoms with Gasteiger partial charge in [-0.2, -0.15) is 0 Å². The predicted octanol–water partition coefficient (Wildman–Crippen LogP) is 3.10. The van der Waals surface area contributed by atoms with Crippen LogP contribution in [0.3, 0.4) is 0 Å². The summed E-state index contributed by atoms with van der Waals surface area (Å²) in [5.74, 6) is 1.36. The van der Waals surface area contributed by atoms with Gasteiger partial charge in [-0.15, -0.1) is 0 Å². The third-order valence-corrected chi connectivity index (χ3v) is 4.63. The van der Waals surface area contributed by atoms with Crippen LogP contribution in [-0.4, -0.2) is 43.1 Å². The molecule has 23 heavy (non-hydrogen) atoms. The van der Waals surface area contributed by atoms with E-state index in [9.17, 15) is 4.79 Å². The average Bonchev–Trinajstić information content (AvgIpc) is 2.97. The number of carbonyl (C=O) groups is 1. The van der Waals surface area contributed by atoms with Crippen LogP contribution < -0.4 is 10.1 Å². The van der Waals surface area contributed by atoms with Gasteiger partial charge in [-0.25, -0.2) is 0 Å². The van der Waals surface area contributed by atoms with E-state index in [1.54, 1.807) is 0 Å². The second kappa shape index (κ2) is 7.82. The highest BCUT2D eigenvalue weighted by Gasteiger charge is 2.31. The van der Waals surface area contributed by atoms with E-state index < -0.39 is 6.10 Å². The summed E-state index contributed by atoms with van der Waals surface area (Å²) < 4.78 is 6.03. The molecule has 1 aromatic carbocycles. The molecule has 4 nitrogen and oxygen atoms in total. The third-order valence-electron chi connectivity index (χ3n) is 4.63. The fourth-order valence-corrected chi connectivity index (χ4v) is 3.15. The highest BCUT2D eigenvalue weighted by atomic mass is 16.5. The van der Waals surface area contributed by atoms with Gasteiger partial charge in [0.05, 0.1) is 0 Å². The number of hydrogen-bond donors (Lipinski definition) is 1. The van der Waals surface area contributed by atoms with Crippen LogP contribution in [0.25, 0.3) is 0 Å². The molecule has 1 aromatic rings. The smallest absolute Gasteiger partial charge is 0.263 e. The number of amides is 1. The average molecular weight is 318 g/mol. The number of nitrogens with zero attached hydrogens (tertiary/aromatic N) is 1. The molecule has 0 aliphatic carbocycles. The molecule has 1 N–H and O–H groups in total. The van der Waals surface area contributed by atoms with Crippen molar-refractivity contribution in [2.75, 3.05) is 20.1 Å². The van der Waals surface area contributed by atoms with Crippen molar-refractivity contribution in [2.24, 2.45) is 0 Å². The fourth-order valence-electron chi connectivity index (χ4n) is 3.15. The molecule has 128 valence electrons. The minimum absolute atomic E-state index is 0.0945. The molecule has 4 heteroatoms. The lowest BCUT2D eigenvalue weighted by molar-refractivity contribution is -0.138. The van der Waals surface area contributed by atoms with Crippen molar-refractivity contribution in [3.05, 3.63) is 29.3 Å². The number of likely N-dealkylation sites (N-methyl/N-ethyl adjacent to an activating group) is 1. The highest BCUT2D eigenvalue weighted by Crippen LogP contribution is 2.26. The van der Waals surface area contributed by atoms with E-state index in [2.05, 4.69) is 37.4 Å². The molecule has 1 aliphatic rings. The Morgan fingerprint density at radius 2 is 2.13 bits per heavy atom. The van der Waals surface area contributed by atoms with Crippen LogP contribution in [0.2, 0.25) is 0 Å². The normalized spacial score (nSPS) is 19.2. The molecule has 2 atom stereocenters. The Kier molecular flexibility index (Phi) is 6.05. The summed E-state index contributed by atoms with van der Waals surface area (Å²) in [7, 11) is 1.93. The Balaban J connectivity index is 2.07. The number of ether oxygens (including phenoxy) is 1. The quantitative estimate of drug-likeness (QED) is 0.876. The summed E-state index contributed by atoms with van der Waals surface area (Å²) in [6, 6.07) is 6.56. The zero-order valence-electron chi connectivity index (χ0n) is 15.1. The van der Waals surface area contributed by atoms with E-state index in [1.165, 1.54) is 5.56 Å². The lowest BCUT2D eigenvalue weighted by atomic mass is 10.0. The Labute approximate surface area is 140 Å². The molecule has 1 heterocycles. The molecule has 0 radical (unpaired) electrons. The third kappa shape index (κ3) is 4.25. The monoisotopic (exact) mass is 318 g/mol. The van der Waals surface area contributed by atoms with E-state index in [0.29, 0.717) is 12.0 Å². The number of carbonyl (C=O) groups excluding carboxylic acids is 1. The second-order valence-corrected chi connectivity index (χ2v) is 6.83. The van der Waals surface area contributed by atoms with Gasteiger partial charge in [0.25, 0.3) is 5.91 Å². The lowest BCUT2D eigenvalue weighted by Crippen LogP contribution is -2.46. The van der Waals surface area contributed by atoms with Crippen molar-refractivity contribution in [3.8, 4) is 5.75 Å². The van der Waals surface area contributed by atoms with E-state index in [-0.39, 0.29) is 5.91 Å². The first kappa shape index (κ1) is 17.8. The van der Waals surface area contributed by atoms with Crippen LogP contribution >= 0.6 is 0 Å². The van der Waals surface area contributed by atoms with Gasteiger partial charge in [0.2, 0.25) is 0 Å². The van der Waals surface area contributed by atoms with Crippen LogP contribution in [0.1, 0.15) is 50.7 Å². The SMILES string of the molecule is CNCC1CCCN1C(=O)C(C)Oc1cc(C(C)C)ccc1C. The molecule has 2 unspecified atom stereocenters. The zero-order chi connectivity index (χ0) is 17.0. The van der Waals surface area contributed by atoms with Crippen molar-refractivity contribution < 1.29 is 9.53 Å². The summed E-state index contributed by atoms with van der Waals surface area (Å²) in [5.41, 5.74) is 2.31. The van der Waals surface area contributed by atoms with Gasteiger partial charge in [0.15, 0.2) is 6.10 Å². The van der Waals surface area contributed by atoms with E-state index in [0.717, 1.165) is 37.2 Å². The zero-order valence-corrected chi connectivity index (χ0v) is 15.1. The summed E-state index contributed by atoms with van der Waals surface area (Å²) >= 11 is 0. The molecule has 0 bridgehead atoms. The Morgan fingerprint density at radius 3 is 2.78 bits per heavy atom. The molecule has 2 rings (SSSR count). The van der Waals surface area contributed by atoms with Crippen molar-refractivity contribution in [1.82, 2.24) is 10.2 Å². The number of aryl methyl sites for hydroxylation is 1. The summed E-state index contributed by atoms with van der Waals surface area (Å²) in [4.78, 5) is 14.7. The maximum Gasteiger partial charge on any atom is 0.263 e. The maximum atomic E-state index is 12.7. The first-order valence-corrected chi connectivity index (χ1v) is 8.66. The lowest BCUT2D eigenvalue weighted by Gasteiger charge is -2.28. The maximum absolute atomic E-state index is 12.7. The molecule has 0 aromatic heterocycles. The van der Waals surface area contributed by atoms with Gasteiger partial charge >= 0.3 is 0 Å². The van der Waals surface area contributed by atoms with E-state index >= 15 is 0 Å². The molecular formula is C19H30N2O2. The molecular weight excluding hydrogens is 288 g/mol. The highest BCUT2D eigenvalue weighted by molar-refractivity contribution is 5.81. The van der Waals surface area contributed by atoms with Crippen LogP contribution in [0.15, 0.2) is 18.2 Å². The number of likely N-dealkylation sites (tertiary alicyclic amines) is 1. The van der Waals surface area contributed by atoms with Crippen LogP contribution in [0.5, 0.6) is 5.75 Å². The number of benzene rings is 1. The minimum Gasteiger partial charge on any atom is -0.481 e. The fraction of sp³-hybridized carbons (Fsp3) is 0.632. The first-order chi connectivity index (χ1) is 10.9. The minimum atomic E-state index is -0.450. The second-order valence-electron chi connectivity index (χ2n) is 6.83. The van der Waals surface area contributed by atoms with Crippen molar-refractivity contribution in [2.45, 2.75) is 58.6 Å². The van der Waals surface area contributed by atoms with Gasteiger partial charge in [-0.05, 0) is 56.8 Å². The molecule has 1 aliphatic heterocycles. The van der Waals surface area contributed by atoms with Gasteiger partial charge < -0.3 is 15.0 Å². The Morgan fingerprint density at radius 1 is 1.39 bits per heavy atom. The van der Waals surface area contributed by atoms with Crippen LogP contribution in [-0.2, 0) is 4.79 Å². The molecule has 0 saturated carbocycles. The number of hydrogen-bond acceptors (Lipinski definition) is 3. The molecule has 1 saturated heterocycles. The van der Waals surface area contributed by atoms with Crippen molar-refractivity contribution in [1.29, 1.82) is 0 Å². The van der Waals surface area contributed by atoms with Gasteiger partial charge in [0, 0.05) is 19.1 Å². The van der Waals surface area contributed by atoms with Gasteiger partial charge in [0.1, 0.15) is 5.75 Å². The van der Waals surface area contributed by atoms with Gasteiger partial charge in [-0.1, -0.05) is 26.0 Å². The Bertz CT molecular complexity index is 542. The van der Waals surface area contributed by atoms with Crippen molar-refractivity contribution in [3.63, 3.8) is 0 Å². The number of rotatable bonds is 6.